The van der Waals surface area contributed by atoms with Gasteiger partial charge in [0.2, 0.25) is 0 Å². The highest BCUT2D eigenvalue weighted by Crippen LogP contribution is 2.43. The van der Waals surface area contributed by atoms with Gasteiger partial charge in [0.15, 0.2) is 0 Å². The minimum Gasteiger partial charge on any atom is -0.372 e. The number of hydrogen-bond acceptors (Lipinski definition) is 3. The molecule has 0 aliphatic carbocycles. The molecule has 1 aromatic carbocycles. The average molecular weight is 246 g/mol. The molecule has 2 aliphatic rings. The quantitative estimate of drug-likeness (QED) is 0.863. The van der Waals surface area contributed by atoms with Gasteiger partial charge in [0, 0.05) is 43.5 Å². The molecule has 0 radical (unpaired) electrons. The van der Waals surface area contributed by atoms with Gasteiger partial charge in [-0.3, -0.25) is 0 Å². The van der Waals surface area contributed by atoms with E-state index in [9.17, 15) is 0 Å². The molecule has 0 bridgehead atoms. The average Bonchev–Trinajstić information content (AvgIpc) is 2.90. The lowest BCUT2D eigenvalue weighted by atomic mass is 10.1. The summed E-state index contributed by atoms with van der Waals surface area (Å²) in [5, 5.41) is 6.40. The summed E-state index contributed by atoms with van der Waals surface area (Å²) in [6, 6.07) is 10.9. The van der Waals surface area contributed by atoms with E-state index < -0.39 is 0 Å². The first-order valence-electron chi connectivity index (χ1n) is 6.28. The van der Waals surface area contributed by atoms with Crippen LogP contribution in [0, 0.1) is 0 Å². The Hall–Kier alpha value is -0.930. The van der Waals surface area contributed by atoms with Crippen LogP contribution in [0.3, 0.4) is 0 Å². The molecule has 2 aliphatic heterocycles. The van der Waals surface area contributed by atoms with Crippen molar-refractivity contribution in [1.82, 2.24) is 10.2 Å². The number of allylic oxidation sites excluding steroid dienone is 1. The SMILES string of the molecule is C1=C(N2CCNCC2)CC(c2ccccc2)S1. The molecule has 1 aromatic rings. The van der Waals surface area contributed by atoms with Crippen molar-refractivity contribution in [3.8, 4) is 0 Å². The first-order chi connectivity index (χ1) is 8.43. The molecule has 0 spiro atoms. The molecular weight excluding hydrogens is 228 g/mol. The Kier molecular flexibility index (Phi) is 3.39. The maximum atomic E-state index is 3.41. The molecule has 1 fully saturated rings. The fourth-order valence-electron chi connectivity index (χ4n) is 2.47. The second-order valence-electron chi connectivity index (χ2n) is 4.59. The van der Waals surface area contributed by atoms with Crippen LogP contribution >= 0.6 is 11.8 Å². The highest BCUT2D eigenvalue weighted by atomic mass is 32.2. The van der Waals surface area contributed by atoms with Crippen molar-refractivity contribution in [3.63, 3.8) is 0 Å². The van der Waals surface area contributed by atoms with Crippen molar-refractivity contribution in [2.24, 2.45) is 0 Å². The van der Waals surface area contributed by atoms with E-state index >= 15 is 0 Å². The zero-order valence-corrected chi connectivity index (χ0v) is 10.7. The highest BCUT2D eigenvalue weighted by Gasteiger charge is 2.23. The van der Waals surface area contributed by atoms with Crippen molar-refractivity contribution in [1.29, 1.82) is 0 Å². The Bertz CT molecular complexity index is 396. The van der Waals surface area contributed by atoms with E-state index in [1.807, 2.05) is 11.8 Å². The third-order valence-electron chi connectivity index (χ3n) is 3.46. The van der Waals surface area contributed by atoms with Crippen molar-refractivity contribution in [2.45, 2.75) is 11.7 Å². The minimum absolute atomic E-state index is 0.626. The normalized spacial score (nSPS) is 24.8. The molecule has 2 heterocycles. The summed E-state index contributed by atoms with van der Waals surface area (Å²) in [4.78, 5) is 2.53. The van der Waals surface area contributed by atoms with Gasteiger partial charge >= 0.3 is 0 Å². The monoisotopic (exact) mass is 246 g/mol. The number of piperazine rings is 1. The van der Waals surface area contributed by atoms with E-state index in [1.54, 1.807) is 0 Å². The van der Waals surface area contributed by atoms with Gasteiger partial charge in [0.25, 0.3) is 0 Å². The lowest BCUT2D eigenvalue weighted by Gasteiger charge is -2.30. The third-order valence-corrected chi connectivity index (χ3v) is 4.63. The summed E-state index contributed by atoms with van der Waals surface area (Å²) < 4.78 is 0. The minimum atomic E-state index is 0.626. The van der Waals surface area contributed by atoms with Crippen LogP contribution < -0.4 is 5.32 Å². The van der Waals surface area contributed by atoms with Crippen LogP contribution in [0.4, 0.5) is 0 Å². The Morgan fingerprint density at radius 3 is 2.65 bits per heavy atom. The molecule has 3 rings (SSSR count). The molecule has 1 N–H and O–H groups in total. The van der Waals surface area contributed by atoms with Crippen LogP contribution in [0.25, 0.3) is 0 Å². The van der Waals surface area contributed by atoms with E-state index in [0.29, 0.717) is 5.25 Å². The van der Waals surface area contributed by atoms with Gasteiger partial charge in [-0.25, -0.2) is 0 Å². The lowest BCUT2D eigenvalue weighted by molar-refractivity contribution is 0.292. The van der Waals surface area contributed by atoms with Gasteiger partial charge in [-0.1, -0.05) is 30.3 Å². The van der Waals surface area contributed by atoms with Gasteiger partial charge in [-0.15, -0.1) is 11.8 Å². The van der Waals surface area contributed by atoms with Gasteiger partial charge in [0.05, 0.1) is 0 Å². The predicted molar refractivity (Wildman–Crippen MR) is 73.9 cm³/mol. The van der Waals surface area contributed by atoms with Gasteiger partial charge in [-0.05, 0) is 11.0 Å². The first-order valence-corrected chi connectivity index (χ1v) is 7.23. The maximum Gasteiger partial charge on any atom is 0.0393 e. The second-order valence-corrected chi connectivity index (χ2v) is 5.66. The van der Waals surface area contributed by atoms with Crippen molar-refractivity contribution in [2.75, 3.05) is 26.2 Å². The number of benzene rings is 1. The Morgan fingerprint density at radius 1 is 1.12 bits per heavy atom. The fraction of sp³-hybridized carbons (Fsp3) is 0.429. The summed E-state index contributed by atoms with van der Waals surface area (Å²) in [5.74, 6) is 0. The smallest absolute Gasteiger partial charge is 0.0393 e. The maximum absolute atomic E-state index is 3.41. The van der Waals surface area contributed by atoms with Crippen LogP contribution in [0.5, 0.6) is 0 Å². The fourth-order valence-corrected chi connectivity index (χ4v) is 3.61. The van der Waals surface area contributed by atoms with Gasteiger partial charge in [0.1, 0.15) is 0 Å². The largest absolute Gasteiger partial charge is 0.372 e. The summed E-state index contributed by atoms with van der Waals surface area (Å²) in [6.07, 6.45) is 1.19. The summed E-state index contributed by atoms with van der Waals surface area (Å²) in [5.41, 5.74) is 2.99. The van der Waals surface area contributed by atoms with E-state index in [4.69, 9.17) is 0 Å². The Balaban J connectivity index is 1.64. The number of nitrogens with one attached hydrogen (secondary N) is 1. The molecular formula is C14H18N2S. The highest BCUT2D eigenvalue weighted by molar-refractivity contribution is 8.02. The molecule has 17 heavy (non-hydrogen) atoms. The number of hydrogen-bond donors (Lipinski definition) is 1. The molecule has 3 heteroatoms. The van der Waals surface area contributed by atoms with E-state index in [1.165, 1.54) is 17.7 Å². The zero-order chi connectivity index (χ0) is 11.5. The first kappa shape index (κ1) is 11.2. The predicted octanol–water partition coefficient (Wildman–Crippen LogP) is 2.61. The molecule has 1 unspecified atom stereocenters. The molecule has 0 aromatic heterocycles. The molecule has 2 nitrogen and oxygen atoms in total. The zero-order valence-electron chi connectivity index (χ0n) is 9.93. The summed E-state index contributed by atoms with van der Waals surface area (Å²) in [6.45, 7) is 4.57. The molecule has 1 saturated heterocycles. The number of nitrogens with zero attached hydrogens (tertiary/aromatic N) is 1. The van der Waals surface area contributed by atoms with Gasteiger partial charge < -0.3 is 10.2 Å². The van der Waals surface area contributed by atoms with Crippen LogP contribution in [-0.4, -0.2) is 31.1 Å². The summed E-state index contributed by atoms with van der Waals surface area (Å²) >= 11 is 1.97. The van der Waals surface area contributed by atoms with E-state index in [2.05, 4.69) is 46.0 Å². The van der Waals surface area contributed by atoms with E-state index in [-0.39, 0.29) is 0 Å². The number of rotatable bonds is 2. The summed E-state index contributed by atoms with van der Waals surface area (Å²) in [7, 11) is 0. The van der Waals surface area contributed by atoms with Crippen LogP contribution in [0.2, 0.25) is 0 Å². The van der Waals surface area contributed by atoms with E-state index in [0.717, 1.165) is 26.2 Å². The van der Waals surface area contributed by atoms with Crippen LogP contribution in [0.1, 0.15) is 17.2 Å². The van der Waals surface area contributed by atoms with Crippen LogP contribution in [0.15, 0.2) is 41.4 Å². The van der Waals surface area contributed by atoms with Crippen LogP contribution in [-0.2, 0) is 0 Å². The Labute approximate surface area is 107 Å². The van der Waals surface area contributed by atoms with Crippen molar-refractivity contribution >= 4 is 11.8 Å². The third kappa shape index (κ3) is 2.50. The molecule has 0 amide bonds. The lowest BCUT2D eigenvalue weighted by Crippen LogP contribution is -2.42. The topological polar surface area (TPSA) is 15.3 Å². The molecule has 90 valence electrons. The molecule has 0 saturated carbocycles. The second kappa shape index (κ2) is 5.15. The molecule has 1 atom stereocenters. The van der Waals surface area contributed by atoms with Gasteiger partial charge in [-0.2, -0.15) is 0 Å². The van der Waals surface area contributed by atoms with Crippen molar-refractivity contribution in [3.05, 3.63) is 47.0 Å². The number of thioether (sulfide) groups is 1. The van der Waals surface area contributed by atoms with Crippen molar-refractivity contribution < 1.29 is 0 Å². The standard InChI is InChI=1S/C14H18N2S/c1-2-4-12(5-3-1)14-10-13(11-17-14)16-8-6-15-7-9-16/h1-5,11,14-15H,6-10H2. The Morgan fingerprint density at radius 2 is 1.88 bits per heavy atom.